The number of carboxylic acid groups (broad SMARTS) is 1. The summed E-state index contributed by atoms with van der Waals surface area (Å²) in [5.41, 5.74) is 0.777. The van der Waals surface area contributed by atoms with Crippen LogP contribution in [0.3, 0.4) is 0 Å². The van der Waals surface area contributed by atoms with Gasteiger partial charge in [-0.3, -0.25) is 4.79 Å². The summed E-state index contributed by atoms with van der Waals surface area (Å²) in [6.45, 7) is 3.43. The zero-order valence-corrected chi connectivity index (χ0v) is 11.1. The fraction of sp³-hybridized carbons (Fsp3) is 0.385. The van der Waals surface area contributed by atoms with E-state index in [9.17, 15) is 9.59 Å². The third-order valence-electron chi connectivity index (χ3n) is 2.47. The van der Waals surface area contributed by atoms with Gasteiger partial charge < -0.3 is 10.4 Å². The van der Waals surface area contributed by atoms with E-state index >= 15 is 0 Å². The molecule has 98 valence electrons. The lowest BCUT2D eigenvalue weighted by atomic mass is 10.1. The number of hydrogen-bond acceptors (Lipinski definition) is 2. The first-order chi connectivity index (χ1) is 8.40. The maximum absolute atomic E-state index is 11.5. The molecule has 0 aliphatic heterocycles. The number of nitrogens with one attached hydrogen (secondary N) is 1. The molecule has 0 aliphatic carbocycles. The van der Waals surface area contributed by atoms with E-state index in [1.54, 1.807) is 38.1 Å². The van der Waals surface area contributed by atoms with Crippen LogP contribution in [0, 0.1) is 5.92 Å². The van der Waals surface area contributed by atoms with Crippen molar-refractivity contribution in [2.24, 2.45) is 5.92 Å². The van der Waals surface area contributed by atoms with Gasteiger partial charge in [-0.2, -0.15) is 0 Å². The molecule has 0 fully saturated rings. The summed E-state index contributed by atoms with van der Waals surface area (Å²) in [7, 11) is 0. The van der Waals surface area contributed by atoms with Crippen LogP contribution in [0.1, 0.15) is 19.4 Å². The van der Waals surface area contributed by atoms with Crippen LogP contribution in [-0.2, 0) is 16.0 Å². The lowest BCUT2D eigenvalue weighted by Gasteiger charge is -2.16. The first-order valence-electron chi connectivity index (χ1n) is 5.67. The van der Waals surface area contributed by atoms with Gasteiger partial charge in [-0.25, -0.2) is 4.79 Å². The van der Waals surface area contributed by atoms with Crippen molar-refractivity contribution in [1.29, 1.82) is 0 Å². The molecule has 0 unspecified atom stereocenters. The van der Waals surface area contributed by atoms with Crippen LogP contribution < -0.4 is 5.32 Å². The molecule has 1 rings (SSSR count). The molecular weight excluding hydrogens is 254 g/mol. The Kier molecular flexibility index (Phi) is 5.16. The smallest absolute Gasteiger partial charge is 0.326 e. The first kappa shape index (κ1) is 14.5. The maximum Gasteiger partial charge on any atom is 0.326 e. The van der Waals surface area contributed by atoms with Crippen LogP contribution in [0.25, 0.3) is 0 Å². The Morgan fingerprint density at radius 3 is 2.56 bits per heavy atom. The third kappa shape index (κ3) is 4.37. The quantitative estimate of drug-likeness (QED) is 0.860. The van der Waals surface area contributed by atoms with Crippen molar-refractivity contribution in [1.82, 2.24) is 5.32 Å². The molecule has 0 radical (unpaired) electrons. The first-order valence-corrected chi connectivity index (χ1v) is 6.05. The molecule has 4 nitrogen and oxygen atoms in total. The van der Waals surface area contributed by atoms with Crippen molar-refractivity contribution in [3.8, 4) is 0 Å². The Hall–Kier alpha value is -1.55. The van der Waals surface area contributed by atoms with Crippen molar-refractivity contribution < 1.29 is 14.7 Å². The molecule has 18 heavy (non-hydrogen) atoms. The van der Waals surface area contributed by atoms with Crippen LogP contribution >= 0.6 is 11.6 Å². The number of amides is 1. The van der Waals surface area contributed by atoms with Gasteiger partial charge in [0, 0.05) is 17.4 Å². The minimum Gasteiger partial charge on any atom is -0.480 e. The standard InChI is InChI=1S/C13H16ClNO3/c1-8(2)12(16)15-11(13(17)18)7-9-4-3-5-10(14)6-9/h3-6,8,11H,7H2,1-2H3,(H,15,16)(H,17,18)/t11-/m0/s1. The Labute approximate surface area is 111 Å². The van der Waals surface area contributed by atoms with Crippen molar-refractivity contribution in [2.75, 3.05) is 0 Å². The molecule has 0 spiro atoms. The van der Waals surface area contributed by atoms with Crippen molar-refractivity contribution >= 4 is 23.5 Å². The number of hydrogen-bond donors (Lipinski definition) is 2. The molecular formula is C13H16ClNO3. The summed E-state index contributed by atoms with van der Waals surface area (Å²) in [6.07, 6.45) is 0.217. The molecule has 0 saturated carbocycles. The largest absolute Gasteiger partial charge is 0.480 e. The average molecular weight is 270 g/mol. The normalized spacial score (nSPS) is 12.2. The van der Waals surface area contributed by atoms with Gasteiger partial charge in [0.1, 0.15) is 6.04 Å². The van der Waals surface area contributed by atoms with Gasteiger partial charge in [0.15, 0.2) is 0 Å². The van der Waals surface area contributed by atoms with E-state index in [4.69, 9.17) is 16.7 Å². The highest BCUT2D eigenvalue weighted by atomic mass is 35.5. The van der Waals surface area contributed by atoms with Crippen molar-refractivity contribution in [3.05, 3.63) is 34.9 Å². The molecule has 0 saturated heterocycles. The molecule has 0 aromatic heterocycles. The van der Waals surface area contributed by atoms with Gasteiger partial charge >= 0.3 is 5.97 Å². The predicted molar refractivity (Wildman–Crippen MR) is 69.6 cm³/mol. The summed E-state index contributed by atoms with van der Waals surface area (Å²) in [4.78, 5) is 22.6. The topological polar surface area (TPSA) is 66.4 Å². The Morgan fingerprint density at radius 1 is 1.39 bits per heavy atom. The highest BCUT2D eigenvalue weighted by Crippen LogP contribution is 2.12. The highest BCUT2D eigenvalue weighted by Gasteiger charge is 2.21. The summed E-state index contributed by atoms with van der Waals surface area (Å²) in [5.74, 6) is -1.57. The Bertz CT molecular complexity index is 446. The second-order valence-electron chi connectivity index (χ2n) is 4.39. The highest BCUT2D eigenvalue weighted by molar-refractivity contribution is 6.30. The monoisotopic (exact) mass is 269 g/mol. The fourth-order valence-electron chi connectivity index (χ4n) is 1.44. The minimum atomic E-state index is -1.05. The summed E-state index contributed by atoms with van der Waals surface area (Å²) in [6, 6.07) is 6.01. The fourth-order valence-corrected chi connectivity index (χ4v) is 1.65. The van der Waals surface area contributed by atoms with Gasteiger partial charge in [0.2, 0.25) is 5.91 Å². The number of aliphatic carboxylic acids is 1. The van der Waals surface area contributed by atoms with Gasteiger partial charge in [0.25, 0.3) is 0 Å². The van der Waals surface area contributed by atoms with E-state index in [1.165, 1.54) is 0 Å². The number of halogens is 1. The van der Waals surface area contributed by atoms with E-state index in [2.05, 4.69) is 5.32 Å². The number of carbonyl (C=O) groups is 2. The van der Waals surface area contributed by atoms with E-state index < -0.39 is 12.0 Å². The lowest BCUT2D eigenvalue weighted by Crippen LogP contribution is -2.44. The van der Waals surface area contributed by atoms with Crippen LogP contribution in [0.15, 0.2) is 24.3 Å². The van der Waals surface area contributed by atoms with Gasteiger partial charge in [-0.15, -0.1) is 0 Å². The van der Waals surface area contributed by atoms with Crippen LogP contribution in [0.4, 0.5) is 0 Å². The molecule has 0 heterocycles. The number of carboxylic acids is 1. The molecule has 5 heteroatoms. The summed E-state index contributed by atoms with van der Waals surface area (Å²) >= 11 is 5.83. The third-order valence-corrected chi connectivity index (χ3v) is 2.70. The summed E-state index contributed by atoms with van der Waals surface area (Å²) in [5, 5.41) is 12.1. The summed E-state index contributed by atoms with van der Waals surface area (Å²) < 4.78 is 0. The molecule has 1 aromatic carbocycles. The van der Waals surface area contributed by atoms with Crippen molar-refractivity contribution in [3.63, 3.8) is 0 Å². The van der Waals surface area contributed by atoms with Crippen LogP contribution in [-0.4, -0.2) is 23.0 Å². The molecule has 2 N–H and O–H groups in total. The average Bonchev–Trinajstić information content (AvgIpc) is 2.27. The number of rotatable bonds is 5. The lowest BCUT2D eigenvalue weighted by molar-refractivity contribution is -0.142. The predicted octanol–water partition coefficient (Wildman–Crippen LogP) is 2.11. The van der Waals surface area contributed by atoms with Crippen molar-refractivity contribution in [2.45, 2.75) is 26.3 Å². The van der Waals surface area contributed by atoms with E-state index in [0.717, 1.165) is 5.56 Å². The number of carbonyl (C=O) groups excluding carboxylic acids is 1. The van der Waals surface area contributed by atoms with E-state index in [-0.39, 0.29) is 18.2 Å². The van der Waals surface area contributed by atoms with Crippen LogP contribution in [0.2, 0.25) is 5.02 Å². The van der Waals surface area contributed by atoms with Crippen LogP contribution in [0.5, 0.6) is 0 Å². The van der Waals surface area contributed by atoms with Gasteiger partial charge in [0.05, 0.1) is 0 Å². The zero-order chi connectivity index (χ0) is 13.7. The van der Waals surface area contributed by atoms with Gasteiger partial charge in [-0.1, -0.05) is 37.6 Å². The molecule has 0 aliphatic rings. The SMILES string of the molecule is CC(C)C(=O)N[C@@H](Cc1cccc(Cl)c1)C(=O)O. The van der Waals surface area contributed by atoms with E-state index in [1.807, 2.05) is 0 Å². The molecule has 1 amide bonds. The second kappa shape index (κ2) is 6.40. The Morgan fingerprint density at radius 2 is 2.06 bits per heavy atom. The Balaban J connectivity index is 2.75. The second-order valence-corrected chi connectivity index (χ2v) is 4.82. The molecule has 0 bridgehead atoms. The minimum absolute atomic E-state index is 0.217. The van der Waals surface area contributed by atoms with Gasteiger partial charge in [-0.05, 0) is 17.7 Å². The number of benzene rings is 1. The maximum atomic E-state index is 11.5. The zero-order valence-electron chi connectivity index (χ0n) is 10.3. The van der Waals surface area contributed by atoms with E-state index in [0.29, 0.717) is 5.02 Å². The molecule has 1 aromatic rings. The molecule has 1 atom stereocenters.